The molecule has 0 saturated heterocycles. The Labute approximate surface area is 314 Å². The summed E-state index contributed by atoms with van der Waals surface area (Å²) >= 11 is 12.4. The molecule has 0 heterocycles. The third-order valence-corrected chi connectivity index (χ3v) is 9.40. The third-order valence-electron chi connectivity index (χ3n) is 8.80. The van der Waals surface area contributed by atoms with Crippen LogP contribution in [-0.4, -0.2) is 59.4 Å². The van der Waals surface area contributed by atoms with E-state index >= 15 is 0 Å². The van der Waals surface area contributed by atoms with Crippen molar-refractivity contribution in [3.63, 3.8) is 0 Å². The summed E-state index contributed by atoms with van der Waals surface area (Å²) in [6.07, 6.45) is -9.38. The molecule has 0 amide bonds. The number of alkyl halides is 6. The molecule has 0 fully saturated rings. The SMILES string of the molecule is CCOC(=O)CCCOc1cc(Cl)c2c(c1)[C@@](O)(C(F)(F)F)c1ccccc1-2.O=C(O)CCCOc1cc(Cl)c2c(c1)[C@@](O)(C(F)(F)F)c1ccccc1-2. The van der Waals surface area contributed by atoms with Gasteiger partial charge in [0.15, 0.2) is 0 Å². The fraction of sp³-hybridized carbons (Fsp3) is 0.316. The fourth-order valence-electron chi connectivity index (χ4n) is 6.44. The Morgan fingerprint density at radius 2 is 1.07 bits per heavy atom. The second kappa shape index (κ2) is 15.7. The van der Waals surface area contributed by atoms with Gasteiger partial charge in [-0.3, -0.25) is 9.59 Å². The first-order valence-corrected chi connectivity index (χ1v) is 17.2. The topological polar surface area (TPSA) is 123 Å². The molecule has 3 N–H and O–H groups in total. The second-order valence-corrected chi connectivity index (χ2v) is 13.1. The maximum Gasteiger partial charge on any atom is 0.425 e. The van der Waals surface area contributed by atoms with Crippen LogP contribution in [0.1, 0.15) is 54.9 Å². The van der Waals surface area contributed by atoms with Crippen molar-refractivity contribution >= 4 is 35.1 Å². The van der Waals surface area contributed by atoms with E-state index in [2.05, 4.69) is 0 Å². The highest BCUT2D eigenvalue weighted by Crippen LogP contribution is 2.59. The van der Waals surface area contributed by atoms with Crippen molar-refractivity contribution in [2.24, 2.45) is 0 Å². The average Bonchev–Trinajstić information content (AvgIpc) is 3.53. The number of halogens is 8. The molecule has 0 saturated carbocycles. The van der Waals surface area contributed by atoms with Crippen molar-refractivity contribution in [1.82, 2.24) is 0 Å². The first-order valence-electron chi connectivity index (χ1n) is 16.4. The van der Waals surface area contributed by atoms with Gasteiger partial charge in [-0.1, -0.05) is 71.7 Å². The summed E-state index contributed by atoms with van der Waals surface area (Å²) in [5.74, 6) is -1.25. The summed E-state index contributed by atoms with van der Waals surface area (Å²) in [6, 6.07) is 16.4. The van der Waals surface area contributed by atoms with Crippen LogP contribution < -0.4 is 9.47 Å². The van der Waals surface area contributed by atoms with Crippen LogP contribution in [0.4, 0.5) is 26.3 Å². The van der Waals surface area contributed by atoms with Crippen LogP contribution in [0, 0.1) is 0 Å². The summed E-state index contributed by atoms with van der Waals surface area (Å²) in [5, 5.41) is 30.0. The molecule has 2 aliphatic rings. The molecule has 2 aliphatic carbocycles. The van der Waals surface area contributed by atoms with Crippen LogP contribution in [0.5, 0.6) is 11.5 Å². The first kappa shape index (κ1) is 40.7. The Hall–Kier alpha value is -4.50. The molecule has 0 bridgehead atoms. The number of esters is 1. The van der Waals surface area contributed by atoms with Crippen molar-refractivity contribution in [2.75, 3.05) is 19.8 Å². The molecule has 2 atom stereocenters. The minimum absolute atomic E-state index is 0.00118. The lowest BCUT2D eigenvalue weighted by atomic mass is 9.90. The molecule has 0 radical (unpaired) electrons. The molecule has 54 heavy (non-hydrogen) atoms. The van der Waals surface area contributed by atoms with E-state index in [1.165, 1.54) is 48.5 Å². The number of carboxylic acids is 1. The highest BCUT2D eigenvalue weighted by atomic mass is 35.5. The van der Waals surface area contributed by atoms with Crippen LogP contribution in [-0.2, 0) is 25.5 Å². The van der Waals surface area contributed by atoms with E-state index in [-0.39, 0.29) is 106 Å². The zero-order chi connectivity index (χ0) is 39.6. The second-order valence-electron chi connectivity index (χ2n) is 12.3. The number of carbonyl (C=O) groups is 2. The quantitative estimate of drug-likeness (QED) is 0.0780. The molecule has 4 aromatic carbocycles. The minimum Gasteiger partial charge on any atom is -0.494 e. The van der Waals surface area contributed by atoms with Gasteiger partial charge in [-0.2, -0.15) is 26.3 Å². The van der Waals surface area contributed by atoms with Gasteiger partial charge in [0, 0.05) is 46.2 Å². The van der Waals surface area contributed by atoms with E-state index in [9.17, 15) is 46.1 Å². The van der Waals surface area contributed by atoms with E-state index in [1.807, 2.05) is 0 Å². The fourth-order valence-corrected chi connectivity index (χ4v) is 7.06. The summed E-state index contributed by atoms with van der Waals surface area (Å²) in [5.41, 5.74) is -6.99. The summed E-state index contributed by atoms with van der Waals surface area (Å²) < 4.78 is 98.4. The molecule has 288 valence electrons. The van der Waals surface area contributed by atoms with Gasteiger partial charge in [-0.25, -0.2) is 0 Å². The molecule has 8 nitrogen and oxygen atoms in total. The van der Waals surface area contributed by atoms with Crippen LogP contribution in [0.2, 0.25) is 10.0 Å². The van der Waals surface area contributed by atoms with E-state index in [4.69, 9.17) is 42.5 Å². The number of carboxylic acid groups (broad SMARTS) is 1. The van der Waals surface area contributed by atoms with Gasteiger partial charge in [0.1, 0.15) is 11.5 Å². The lowest BCUT2D eigenvalue weighted by Crippen LogP contribution is -2.41. The Morgan fingerprint density at radius 3 is 1.46 bits per heavy atom. The maximum absolute atomic E-state index is 13.8. The van der Waals surface area contributed by atoms with Crippen molar-refractivity contribution in [2.45, 2.75) is 56.2 Å². The molecule has 0 aliphatic heterocycles. The van der Waals surface area contributed by atoms with Gasteiger partial charge in [-0.15, -0.1) is 0 Å². The predicted molar refractivity (Wildman–Crippen MR) is 186 cm³/mol. The number of ether oxygens (including phenoxy) is 3. The number of aliphatic hydroxyl groups is 2. The molecule has 0 spiro atoms. The van der Waals surface area contributed by atoms with Crippen LogP contribution in [0.15, 0.2) is 72.8 Å². The Bertz CT molecular complexity index is 2050. The summed E-state index contributed by atoms with van der Waals surface area (Å²) in [7, 11) is 0. The van der Waals surface area contributed by atoms with E-state index < -0.39 is 35.1 Å². The average molecular weight is 802 g/mol. The van der Waals surface area contributed by atoms with E-state index in [0.717, 1.165) is 12.1 Å². The molecule has 6 rings (SSSR count). The molecular weight excluding hydrogens is 769 g/mol. The Balaban J connectivity index is 0.000000208. The van der Waals surface area contributed by atoms with Crippen molar-refractivity contribution in [1.29, 1.82) is 0 Å². The van der Waals surface area contributed by atoms with Crippen LogP contribution in [0.3, 0.4) is 0 Å². The Morgan fingerprint density at radius 1 is 0.667 bits per heavy atom. The zero-order valence-electron chi connectivity index (χ0n) is 28.3. The van der Waals surface area contributed by atoms with E-state index in [0.29, 0.717) is 6.42 Å². The number of benzene rings is 4. The largest absolute Gasteiger partial charge is 0.494 e. The standard InChI is InChI=1S/C20H18ClF3O4.C18H14ClF3O4/c1-2-27-17(25)8-5-9-28-12-10-15-18(16(21)11-12)13-6-3-4-7-14(13)19(15,26)20(22,23)24;19-14-9-10(26-7-3-6-15(23)24)8-13-16(14)11-4-1-2-5-12(11)17(13,25)18(20,21)22/h3-4,6-7,10-11,26H,2,5,8-9H2,1H3;1-2,4-5,8-9,25H,3,6-7H2,(H,23,24)/t19-;17-/m11/s1. The number of carbonyl (C=O) groups excluding carboxylic acids is 1. The van der Waals surface area contributed by atoms with Crippen molar-refractivity contribution < 1.29 is 65.5 Å². The molecule has 0 aromatic heterocycles. The van der Waals surface area contributed by atoms with Gasteiger partial charge < -0.3 is 29.5 Å². The lowest BCUT2D eigenvalue weighted by molar-refractivity contribution is -0.247. The molecule has 16 heteroatoms. The van der Waals surface area contributed by atoms with Gasteiger partial charge in [-0.05, 0) is 55.2 Å². The predicted octanol–water partition coefficient (Wildman–Crippen LogP) is 9.20. The van der Waals surface area contributed by atoms with Crippen LogP contribution in [0.25, 0.3) is 22.3 Å². The molecule has 0 unspecified atom stereocenters. The summed E-state index contributed by atoms with van der Waals surface area (Å²) in [4.78, 5) is 21.8. The Kier molecular flexibility index (Phi) is 11.8. The normalized spacial score (nSPS) is 18.1. The van der Waals surface area contributed by atoms with Crippen molar-refractivity contribution in [3.05, 3.63) is 105 Å². The van der Waals surface area contributed by atoms with Crippen LogP contribution >= 0.6 is 23.2 Å². The number of fused-ring (bicyclic) bond motifs is 6. The monoisotopic (exact) mass is 800 g/mol. The smallest absolute Gasteiger partial charge is 0.425 e. The maximum atomic E-state index is 13.8. The lowest BCUT2D eigenvalue weighted by Gasteiger charge is -2.28. The minimum atomic E-state index is -4.96. The van der Waals surface area contributed by atoms with Gasteiger partial charge in [0.25, 0.3) is 0 Å². The highest BCUT2D eigenvalue weighted by Gasteiger charge is 2.62. The first-order chi connectivity index (χ1) is 25.4. The van der Waals surface area contributed by atoms with E-state index in [1.54, 1.807) is 19.1 Å². The number of aliphatic carboxylic acids is 1. The summed E-state index contributed by atoms with van der Waals surface area (Å²) in [6.45, 7) is 2.06. The molecule has 4 aromatic rings. The third kappa shape index (κ3) is 7.57. The van der Waals surface area contributed by atoms with Gasteiger partial charge in [0.2, 0.25) is 11.2 Å². The molecular formula is C38H32Cl2F6O8. The zero-order valence-corrected chi connectivity index (χ0v) is 29.8. The number of hydrogen-bond acceptors (Lipinski definition) is 7. The van der Waals surface area contributed by atoms with Gasteiger partial charge >= 0.3 is 24.3 Å². The van der Waals surface area contributed by atoms with Gasteiger partial charge in [0.05, 0.1) is 29.9 Å². The number of rotatable bonds is 11. The number of hydrogen-bond donors (Lipinski definition) is 3. The van der Waals surface area contributed by atoms with Crippen molar-refractivity contribution in [3.8, 4) is 33.8 Å². The highest BCUT2D eigenvalue weighted by molar-refractivity contribution is 6.34.